The molecule has 19 heavy (non-hydrogen) atoms. The van der Waals surface area contributed by atoms with E-state index in [2.05, 4.69) is 5.32 Å². The maximum atomic E-state index is 11.7. The van der Waals surface area contributed by atoms with E-state index < -0.39 is 4.92 Å². The number of nitrogens with zero attached hydrogens (tertiary/aromatic N) is 2. The van der Waals surface area contributed by atoms with E-state index in [4.69, 9.17) is 4.74 Å². The van der Waals surface area contributed by atoms with Gasteiger partial charge in [0, 0.05) is 37.8 Å². The first-order valence-corrected chi connectivity index (χ1v) is 5.96. The number of carbonyl (C=O) groups is 1. The van der Waals surface area contributed by atoms with Crippen molar-refractivity contribution in [2.75, 3.05) is 24.6 Å². The highest BCUT2D eigenvalue weighted by molar-refractivity contribution is 5.92. The number of amides is 1. The average Bonchev–Trinajstić information content (AvgIpc) is 2.40. The van der Waals surface area contributed by atoms with E-state index in [-0.39, 0.29) is 17.8 Å². The first-order chi connectivity index (χ1) is 9.09. The lowest BCUT2D eigenvalue weighted by atomic mass is 10.2. The Kier molecular flexibility index (Phi) is 4.08. The lowest BCUT2D eigenvalue weighted by Crippen LogP contribution is -2.51. The van der Waals surface area contributed by atoms with Crippen LogP contribution in [-0.4, -0.2) is 36.8 Å². The molecule has 1 aliphatic heterocycles. The molecule has 1 unspecified atom stereocenters. The molecule has 2 rings (SSSR count). The Morgan fingerprint density at radius 2 is 2.16 bits per heavy atom. The third-order valence-electron chi connectivity index (χ3n) is 2.87. The van der Waals surface area contributed by atoms with Gasteiger partial charge >= 0.3 is 0 Å². The summed E-state index contributed by atoms with van der Waals surface area (Å²) in [5, 5.41) is 13.8. The summed E-state index contributed by atoms with van der Waals surface area (Å²) in [5.41, 5.74) is 0.585. The quantitative estimate of drug-likeness (QED) is 0.648. The van der Waals surface area contributed by atoms with E-state index in [0.29, 0.717) is 18.8 Å². The summed E-state index contributed by atoms with van der Waals surface area (Å²) < 4.78 is 5.54. The summed E-state index contributed by atoms with van der Waals surface area (Å²) >= 11 is 0. The van der Waals surface area contributed by atoms with Crippen LogP contribution >= 0.6 is 0 Å². The van der Waals surface area contributed by atoms with Crippen molar-refractivity contribution in [2.24, 2.45) is 0 Å². The molecule has 0 bridgehead atoms. The maximum Gasteiger partial charge on any atom is 0.269 e. The predicted molar refractivity (Wildman–Crippen MR) is 68.9 cm³/mol. The number of hydrogen-bond donors (Lipinski definition) is 1. The van der Waals surface area contributed by atoms with Gasteiger partial charge in [-0.1, -0.05) is 0 Å². The van der Waals surface area contributed by atoms with Gasteiger partial charge < -0.3 is 10.1 Å². The number of nitrogens with one attached hydrogen (secondary N) is 1. The number of nitro benzene ring substituents is 1. The van der Waals surface area contributed by atoms with Crippen LogP contribution in [0.2, 0.25) is 0 Å². The Morgan fingerprint density at radius 3 is 2.63 bits per heavy atom. The molecule has 7 heteroatoms. The fourth-order valence-corrected chi connectivity index (χ4v) is 2.00. The molecule has 1 aromatic rings. The molecule has 0 spiro atoms. The second kappa shape index (κ2) is 5.77. The van der Waals surface area contributed by atoms with Gasteiger partial charge in [0.1, 0.15) is 6.23 Å². The van der Waals surface area contributed by atoms with E-state index in [9.17, 15) is 14.9 Å². The topological polar surface area (TPSA) is 84.7 Å². The standard InChI is InChI=1S/C12H15N3O4/c1-9(16)14(12-8-13-6-7-19-12)10-2-4-11(5-3-10)15(17)18/h2-5,12-13H,6-8H2,1H3. The lowest BCUT2D eigenvalue weighted by molar-refractivity contribution is -0.384. The van der Waals surface area contributed by atoms with E-state index in [1.807, 2.05) is 0 Å². The molecule has 7 nitrogen and oxygen atoms in total. The van der Waals surface area contributed by atoms with Crippen molar-refractivity contribution >= 4 is 17.3 Å². The van der Waals surface area contributed by atoms with Crippen molar-refractivity contribution in [3.63, 3.8) is 0 Å². The number of anilines is 1. The summed E-state index contributed by atoms with van der Waals surface area (Å²) in [6.45, 7) is 3.26. The van der Waals surface area contributed by atoms with Gasteiger partial charge in [-0.2, -0.15) is 0 Å². The first-order valence-electron chi connectivity index (χ1n) is 5.96. The van der Waals surface area contributed by atoms with Crippen molar-refractivity contribution in [1.82, 2.24) is 5.32 Å². The Bertz CT molecular complexity index is 468. The average molecular weight is 265 g/mol. The zero-order valence-electron chi connectivity index (χ0n) is 10.5. The maximum absolute atomic E-state index is 11.7. The highest BCUT2D eigenvalue weighted by atomic mass is 16.6. The summed E-state index contributed by atoms with van der Waals surface area (Å²) in [5.74, 6) is -0.164. The van der Waals surface area contributed by atoms with Crippen molar-refractivity contribution in [2.45, 2.75) is 13.2 Å². The Hall–Kier alpha value is -1.99. The summed E-state index contributed by atoms with van der Waals surface area (Å²) in [4.78, 5) is 23.4. The number of benzene rings is 1. The second-order valence-electron chi connectivity index (χ2n) is 4.19. The van der Waals surface area contributed by atoms with Gasteiger partial charge in [0.25, 0.3) is 5.69 Å². The van der Waals surface area contributed by atoms with Crippen LogP contribution in [0.1, 0.15) is 6.92 Å². The molecular formula is C12H15N3O4. The number of ether oxygens (including phenoxy) is 1. The Morgan fingerprint density at radius 1 is 1.47 bits per heavy atom. The molecule has 0 saturated carbocycles. The van der Waals surface area contributed by atoms with Crippen LogP contribution in [0.5, 0.6) is 0 Å². The van der Waals surface area contributed by atoms with Crippen LogP contribution in [0.4, 0.5) is 11.4 Å². The molecule has 1 amide bonds. The Balaban J connectivity index is 2.23. The number of morpholine rings is 1. The van der Waals surface area contributed by atoms with Crippen molar-refractivity contribution in [3.8, 4) is 0 Å². The third-order valence-corrected chi connectivity index (χ3v) is 2.87. The molecule has 1 aromatic carbocycles. The minimum absolute atomic E-state index is 0.00469. The lowest BCUT2D eigenvalue weighted by Gasteiger charge is -2.33. The number of carbonyl (C=O) groups excluding carboxylic acids is 1. The Labute approximate surface area is 110 Å². The van der Waals surface area contributed by atoms with E-state index >= 15 is 0 Å². The minimum atomic E-state index is -0.472. The monoisotopic (exact) mass is 265 g/mol. The van der Waals surface area contributed by atoms with Gasteiger partial charge in [-0.25, -0.2) is 0 Å². The van der Waals surface area contributed by atoms with Crippen LogP contribution in [0.3, 0.4) is 0 Å². The highest BCUT2D eigenvalue weighted by Gasteiger charge is 2.25. The summed E-state index contributed by atoms with van der Waals surface area (Å²) in [7, 11) is 0. The van der Waals surface area contributed by atoms with Crippen LogP contribution in [0.25, 0.3) is 0 Å². The molecule has 0 aromatic heterocycles. The SMILES string of the molecule is CC(=O)N(c1ccc([N+](=O)[O-])cc1)C1CNCCO1. The molecule has 1 saturated heterocycles. The van der Waals surface area contributed by atoms with Gasteiger partial charge in [-0.3, -0.25) is 19.8 Å². The molecular weight excluding hydrogens is 250 g/mol. The second-order valence-corrected chi connectivity index (χ2v) is 4.19. The zero-order valence-corrected chi connectivity index (χ0v) is 10.5. The van der Waals surface area contributed by atoms with Crippen LogP contribution in [-0.2, 0) is 9.53 Å². The number of hydrogen-bond acceptors (Lipinski definition) is 5. The van der Waals surface area contributed by atoms with Gasteiger partial charge in [0.05, 0.1) is 11.5 Å². The molecule has 1 heterocycles. The van der Waals surface area contributed by atoms with Gasteiger partial charge in [0.15, 0.2) is 0 Å². The van der Waals surface area contributed by atoms with Crippen molar-refractivity contribution in [3.05, 3.63) is 34.4 Å². The molecule has 1 aliphatic rings. The van der Waals surface area contributed by atoms with Gasteiger partial charge in [0.2, 0.25) is 5.91 Å². The van der Waals surface area contributed by atoms with Gasteiger partial charge in [-0.15, -0.1) is 0 Å². The van der Waals surface area contributed by atoms with Gasteiger partial charge in [-0.05, 0) is 12.1 Å². The van der Waals surface area contributed by atoms with E-state index in [1.54, 1.807) is 12.1 Å². The largest absolute Gasteiger partial charge is 0.355 e. The number of rotatable bonds is 3. The van der Waals surface area contributed by atoms with Crippen molar-refractivity contribution in [1.29, 1.82) is 0 Å². The predicted octanol–water partition coefficient (Wildman–Crippen LogP) is 0.894. The molecule has 1 N–H and O–H groups in total. The highest BCUT2D eigenvalue weighted by Crippen LogP contribution is 2.22. The zero-order chi connectivity index (χ0) is 13.8. The molecule has 1 fully saturated rings. The fraction of sp³-hybridized carbons (Fsp3) is 0.417. The number of non-ortho nitro benzene ring substituents is 1. The molecule has 0 radical (unpaired) electrons. The third kappa shape index (κ3) is 3.07. The van der Waals surface area contributed by atoms with E-state index in [1.165, 1.54) is 24.0 Å². The molecule has 102 valence electrons. The van der Waals surface area contributed by atoms with Crippen molar-refractivity contribution < 1.29 is 14.5 Å². The minimum Gasteiger partial charge on any atom is -0.355 e. The van der Waals surface area contributed by atoms with Crippen LogP contribution < -0.4 is 10.2 Å². The number of nitro groups is 1. The molecule has 1 atom stereocenters. The van der Waals surface area contributed by atoms with Crippen LogP contribution in [0, 0.1) is 10.1 Å². The van der Waals surface area contributed by atoms with E-state index in [0.717, 1.165) is 6.54 Å². The fourth-order valence-electron chi connectivity index (χ4n) is 2.00. The van der Waals surface area contributed by atoms with Crippen LogP contribution in [0.15, 0.2) is 24.3 Å². The molecule has 0 aliphatic carbocycles. The summed E-state index contributed by atoms with van der Waals surface area (Å²) in [6.07, 6.45) is -0.382. The summed E-state index contributed by atoms with van der Waals surface area (Å²) in [6, 6.07) is 5.86. The first kappa shape index (κ1) is 13.4. The smallest absolute Gasteiger partial charge is 0.269 e. The normalized spacial score (nSPS) is 18.9.